The van der Waals surface area contributed by atoms with Crippen molar-refractivity contribution in [3.05, 3.63) is 94.3 Å². The van der Waals surface area contributed by atoms with E-state index in [1.807, 2.05) is 12.1 Å². The van der Waals surface area contributed by atoms with Crippen molar-refractivity contribution in [2.45, 2.75) is 25.7 Å². The fraction of sp³-hybridized carbons (Fsp3) is 0.345. The van der Waals surface area contributed by atoms with Crippen molar-refractivity contribution in [2.24, 2.45) is 0 Å². The van der Waals surface area contributed by atoms with Crippen molar-refractivity contribution in [2.75, 3.05) is 44.7 Å². The summed E-state index contributed by atoms with van der Waals surface area (Å²) >= 11 is 0. The van der Waals surface area contributed by atoms with Crippen molar-refractivity contribution in [3.63, 3.8) is 0 Å². The average molecular weight is 528 g/mol. The van der Waals surface area contributed by atoms with Crippen LogP contribution in [0.5, 0.6) is 5.75 Å². The van der Waals surface area contributed by atoms with E-state index >= 15 is 0 Å². The third-order valence-electron chi connectivity index (χ3n) is 7.28. The molecular formula is C29H29F4N3O2. The predicted molar refractivity (Wildman–Crippen MR) is 137 cm³/mol. The van der Waals surface area contributed by atoms with Gasteiger partial charge in [-0.1, -0.05) is 30.3 Å². The molecule has 0 unspecified atom stereocenters. The topological polar surface area (TPSA) is 36.0 Å². The SMILES string of the molecule is COc1ccc(CN2CCc3ccccc3C2)cc1N1CCN(C(=O)c2cc(F)ccc2C(F)(F)F)CC1. The lowest BCUT2D eigenvalue weighted by atomic mass is 9.99. The van der Waals surface area contributed by atoms with Gasteiger partial charge in [-0.05, 0) is 53.4 Å². The Morgan fingerprint density at radius 3 is 2.37 bits per heavy atom. The number of alkyl halides is 3. The van der Waals surface area contributed by atoms with Gasteiger partial charge in [-0.3, -0.25) is 9.69 Å². The molecule has 1 saturated heterocycles. The zero-order valence-corrected chi connectivity index (χ0v) is 21.1. The number of piperazine rings is 1. The van der Waals surface area contributed by atoms with Gasteiger partial charge in [0, 0.05) is 45.8 Å². The van der Waals surface area contributed by atoms with Crippen molar-refractivity contribution in [3.8, 4) is 5.75 Å². The lowest BCUT2D eigenvalue weighted by Gasteiger charge is -2.37. The van der Waals surface area contributed by atoms with E-state index in [-0.39, 0.29) is 13.1 Å². The third kappa shape index (κ3) is 5.48. The second-order valence-corrected chi connectivity index (χ2v) is 9.70. The van der Waals surface area contributed by atoms with Crippen LogP contribution < -0.4 is 9.64 Å². The Kier molecular flexibility index (Phi) is 7.29. The highest BCUT2D eigenvalue weighted by molar-refractivity contribution is 5.96. The number of ether oxygens (including phenoxy) is 1. The molecule has 38 heavy (non-hydrogen) atoms. The number of halogens is 4. The highest BCUT2D eigenvalue weighted by Crippen LogP contribution is 2.34. The number of hydrogen-bond acceptors (Lipinski definition) is 4. The molecule has 0 saturated carbocycles. The Bertz CT molecular complexity index is 1320. The summed E-state index contributed by atoms with van der Waals surface area (Å²) in [4.78, 5) is 18.8. The van der Waals surface area contributed by atoms with Crippen molar-refractivity contribution < 1.29 is 27.1 Å². The van der Waals surface area contributed by atoms with Gasteiger partial charge in [0.05, 0.1) is 23.9 Å². The second-order valence-electron chi connectivity index (χ2n) is 9.70. The fourth-order valence-corrected chi connectivity index (χ4v) is 5.29. The zero-order valence-electron chi connectivity index (χ0n) is 21.1. The van der Waals surface area contributed by atoms with Gasteiger partial charge in [0.2, 0.25) is 0 Å². The number of amides is 1. The molecule has 0 aliphatic carbocycles. The summed E-state index contributed by atoms with van der Waals surface area (Å²) in [5.41, 5.74) is 2.98. The molecule has 1 amide bonds. The summed E-state index contributed by atoms with van der Waals surface area (Å²) in [7, 11) is 1.60. The minimum atomic E-state index is -4.75. The van der Waals surface area contributed by atoms with Crippen LogP contribution in [0, 0.1) is 5.82 Å². The maximum atomic E-state index is 13.7. The minimum Gasteiger partial charge on any atom is -0.495 e. The first kappa shape index (κ1) is 26.0. The molecule has 0 N–H and O–H groups in total. The molecule has 2 heterocycles. The monoisotopic (exact) mass is 527 g/mol. The van der Waals surface area contributed by atoms with Crippen LogP contribution in [-0.4, -0.2) is 55.5 Å². The number of carbonyl (C=O) groups excluding carboxylic acids is 1. The molecule has 2 aliphatic heterocycles. The van der Waals surface area contributed by atoms with Crippen molar-refractivity contribution >= 4 is 11.6 Å². The number of carbonyl (C=O) groups is 1. The Hall–Kier alpha value is -3.59. The van der Waals surface area contributed by atoms with Gasteiger partial charge in [-0.2, -0.15) is 13.2 Å². The number of methoxy groups -OCH3 is 1. The molecule has 3 aromatic rings. The molecule has 5 nitrogen and oxygen atoms in total. The average Bonchev–Trinajstić information content (AvgIpc) is 2.92. The smallest absolute Gasteiger partial charge is 0.417 e. The lowest BCUT2D eigenvalue weighted by Crippen LogP contribution is -2.49. The number of nitrogens with zero attached hydrogens (tertiary/aromatic N) is 3. The summed E-state index contributed by atoms with van der Waals surface area (Å²) in [6.45, 7) is 3.89. The summed E-state index contributed by atoms with van der Waals surface area (Å²) in [6, 6.07) is 16.6. The molecular weight excluding hydrogens is 498 g/mol. The Labute approximate surface area is 219 Å². The lowest BCUT2D eigenvalue weighted by molar-refractivity contribution is -0.138. The number of hydrogen-bond donors (Lipinski definition) is 0. The molecule has 0 bridgehead atoms. The van der Waals surface area contributed by atoms with Gasteiger partial charge < -0.3 is 14.5 Å². The van der Waals surface area contributed by atoms with Crippen molar-refractivity contribution in [1.29, 1.82) is 0 Å². The zero-order chi connectivity index (χ0) is 26.9. The van der Waals surface area contributed by atoms with Gasteiger partial charge >= 0.3 is 6.18 Å². The molecule has 3 aromatic carbocycles. The minimum absolute atomic E-state index is 0.211. The van der Waals surface area contributed by atoms with Crippen LogP contribution in [0.15, 0.2) is 60.7 Å². The van der Waals surface area contributed by atoms with Crippen LogP contribution in [0.25, 0.3) is 0 Å². The van der Waals surface area contributed by atoms with Crippen LogP contribution in [0.4, 0.5) is 23.2 Å². The van der Waals surface area contributed by atoms with E-state index in [4.69, 9.17) is 4.74 Å². The van der Waals surface area contributed by atoms with Crippen LogP contribution in [-0.2, 0) is 25.7 Å². The van der Waals surface area contributed by atoms with Gasteiger partial charge in [-0.25, -0.2) is 4.39 Å². The van der Waals surface area contributed by atoms with E-state index in [2.05, 4.69) is 40.1 Å². The van der Waals surface area contributed by atoms with E-state index in [9.17, 15) is 22.4 Å². The molecule has 5 rings (SSSR count). The number of rotatable bonds is 5. The van der Waals surface area contributed by atoms with Crippen molar-refractivity contribution in [1.82, 2.24) is 9.80 Å². The second kappa shape index (κ2) is 10.6. The van der Waals surface area contributed by atoms with Crippen LogP contribution in [0.1, 0.15) is 32.6 Å². The summed E-state index contributed by atoms with van der Waals surface area (Å²) in [5.74, 6) is -0.997. The molecule has 0 radical (unpaired) electrons. The summed E-state index contributed by atoms with van der Waals surface area (Å²) in [6.07, 6.45) is -3.73. The van der Waals surface area contributed by atoms with Crippen LogP contribution >= 0.6 is 0 Å². The highest BCUT2D eigenvalue weighted by atomic mass is 19.4. The van der Waals surface area contributed by atoms with Gasteiger partial charge in [0.1, 0.15) is 11.6 Å². The molecule has 0 atom stereocenters. The molecule has 0 spiro atoms. The molecule has 200 valence electrons. The Balaban J connectivity index is 1.28. The van der Waals surface area contributed by atoms with Crippen LogP contribution in [0.3, 0.4) is 0 Å². The largest absolute Gasteiger partial charge is 0.495 e. The third-order valence-corrected chi connectivity index (χ3v) is 7.28. The standard InChI is InChI=1S/C29H29F4N3O2/c1-38-27-9-6-20(18-34-11-10-21-4-2-3-5-22(21)19-34)16-26(27)35-12-14-36(15-13-35)28(37)24-17-23(30)7-8-25(24)29(31,32)33/h2-9,16-17H,10-15,18-19H2,1H3. The molecule has 9 heteroatoms. The molecule has 1 fully saturated rings. The fourth-order valence-electron chi connectivity index (χ4n) is 5.29. The van der Waals surface area contributed by atoms with E-state index in [1.54, 1.807) is 7.11 Å². The van der Waals surface area contributed by atoms with Gasteiger partial charge in [0.15, 0.2) is 0 Å². The summed E-state index contributed by atoms with van der Waals surface area (Å²) in [5, 5.41) is 0. The Morgan fingerprint density at radius 1 is 0.921 bits per heavy atom. The quantitative estimate of drug-likeness (QED) is 0.418. The Morgan fingerprint density at radius 2 is 1.66 bits per heavy atom. The van der Waals surface area contributed by atoms with E-state index in [0.717, 1.165) is 43.4 Å². The van der Waals surface area contributed by atoms with Gasteiger partial charge in [-0.15, -0.1) is 0 Å². The molecule has 2 aliphatic rings. The van der Waals surface area contributed by atoms with E-state index < -0.39 is 29.0 Å². The molecule has 0 aromatic heterocycles. The first-order valence-corrected chi connectivity index (χ1v) is 12.6. The van der Waals surface area contributed by atoms with Crippen LogP contribution in [0.2, 0.25) is 0 Å². The number of benzene rings is 3. The van der Waals surface area contributed by atoms with Gasteiger partial charge in [0.25, 0.3) is 5.91 Å². The van der Waals surface area contributed by atoms with E-state index in [1.165, 1.54) is 16.0 Å². The maximum Gasteiger partial charge on any atom is 0.417 e. The summed E-state index contributed by atoms with van der Waals surface area (Å²) < 4.78 is 59.6. The number of anilines is 1. The number of fused-ring (bicyclic) bond motifs is 1. The highest BCUT2D eigenvalue weighted by Gasteiger charge is 2.37. The van der Waals surface area contributed by atoms with E-state index in [0.29, 0.717) is 31.0 Å². The first-order valence-electron chi connectivity index (χ1n) is 12.6. The predicted octanol–water partition coefficient (Wildman–Crippen LogP) is 5.37. The normalized spacial score (nSPS) is 16.3. The maximum absolute atomic E-state index is 13.7. The first-order chi connectivity index (χ1) is 18.2.